The minimum Gasteiger partial charge on any atom is -0.366 e. The number of primary amides is 1. The van der Waals surface area contributed by atoms with Crippen LogP contribution in [0, 0.1) is 17.8 Å². The lowest BCUT2D eigenvalue weighted by Crippen LogP contribution is -2.20. The molecule has 4 nitrogen and oxygen atoms in total. The fraction of sp³-hybridized carbons (Fsp3) is 0.500. The molecule has 0 radical (unpaired) electrons. The lowest BCUT2D eigenvalue weighted by Gasteiger charge is -2.20. The zero-order valence-corrected chi connectivity index (χ0v) is 11.5. The van der Waals surface area contributed by atoms with Crippen molar-refractivity contribution in [3.63, 3.8) is 0 Å². The van der Waals surface area contributed by atoms with E-state index in [1.807, 2.05) is 0 Å². The minimum absolute atomic E-state index is 0.0781. The van der Waals surface area contributed by atoms with Crippen LogP contribution in [0.1, 0.15) is 42.5 Å². The van der Waals surface area contributed by atoms with Gasteiger partial charge in [0, 0.05) is 17.7 Å². The molecule has 4 heteroatoms. The van der Waals surface area contributed by atoms with Crippen LogP contribution in [-0.4, -0.2) is 11.8 Å². The maximum atomic E-state index is 12.1. The van der Waals surface area contributed by atoms with Crippen LogP contribution in [0.4, 0.5) is 5.69 Å². The summed E-state index contributed by atoms with van der Waals surface area (Å²) in [4.78, 5) is 23.0. The van der Waals surface area contributed by atoms with E-state index in [2.05, 4.69) is 5.32 Å². The number of hydrogen-bond acceptors (Lipinski definition) is 2. The van der Waals surface area contributed by atoms with E-state index in [0.717, 1.165) is 17.5 Å². The number of fused-ring (bicyclic) bond motifs is 2. The Labute approximate surface area is 118 Å². The number of carbonyl (C=O) groups excluding carboxylic acids is 2. The Morgan fingerprint density at radius 1 is 1.15 bits per heavy atom. The van der Waals surface area contributed by atoms with Gasteiger partial charge in [0.05, 0.1) is 0 Å². The molecular formula is C16H20N2O2. The fourth-order valence-corrected chi connectivity index (χ4v) is 3.79. The van der Waals surface area contributed by atoms with Crippen molar-refractivity contribution in [2.24, 2.45) is 23.5 Å². The number of nitrogens with one attached hydrogen (secondary N) is 1. The number of benzene rings is 1. The van der Waals surface area contributed by atoms with Crippen LogP contribution in [0.5, 0.6) is 0 Å². The van der Waals surface area contributed by atoms with E-state index >= 15 is 0 Å². The Morgan fingerprint density at radius 2 is 1.90 bits per heavy atom. The summed E-state index contributed by atoms with van der Waals surface area (Å²) in [6.45, 7) is 0. The first-order valence-electron chi connectivity index (χ1n) is 7.31. The molecule has 0 saturated heterocycles. The van der Waals surface area contributed by atoms with E-state index in [1.54, 1.807) is 24.3 Å². The molecule has 3 atom stereocenters. The van der Waals surface area contributed by atoms with Crippen molar-refractivity contribution < 1.29 is 9.59 Å². The molecule has 2 amide bonds. The van der Waals surface area contributed by atoms with Gasteiger partial charge < -0.3 is 11.1 Å². The smallest absolute Gasteiger partial charge is 0.248 e. The van der Waals surface area contributed by atoms with Gasteiger partial charge in [0.25, 0.3) is 0 Å². The van der Waals surface area contributed by atoms with Gasteiger partial charge in [0.1, 0.15) is 0 Å². The van der Waals surface area contributed by atoms with Crippen molar-refractivity contribution in [2.45, 2.75) is 32.1 Å². The molecule has 0 heterocycles. The molecule has 0 spiro atoms. The molecule has 0 aromatic heterocycles. The lowest BCUT2D eigenvalue weighted by atomic mass is 9.86. The quantitative estimate of drug-likeness (QED) is 0.884. The largest absolute Gasteiger partial charge is 0.366 e. The lowest BCUT2D eigenvalue weighted by molar-refractivity contribution is -0.117. The van der Waals surface area contributed by atoms with Crippen molar-refractivity contribution in [3.05, 3.63) is 29.8 Å². The standard InChI is InChI=1S/C16H20N2O2/c17-16(20)11-3-5-14(6-4-11)18-15(19)9-13-8-10-1-2-12(13)7-10/h3-6,10,12-13H,1-2,7-9H2,(H2,17,20)(H,18,19)/t10-,12-,13-/m0/s1. The highest BCUT2D eigenvalue weighted by molar-refractivity contribution is 5.94. The van der Waals surface area contributed by atoms with Crippen LogP contribution in [0.2, 0.25) is 0 Å². The van der Waals surface area contributed by atoms with Gasteiger partial charge in [-0.15, -0.1) is 0 Å². The zero-order chi connectivity index (χ0) is 14.1. The molecule has 3 rings (SSSR count). The number of amides is 2. The molecule has 0 unspecified atom stereocenters. The summed E-state index contributed by atoms with van der Waals surface area (Å²) in [5.74, 6) is 1.83. The summed E-state index contributed by atoms with van der Waals surface area (Å²) in [5, 5.41) is 2.90. The summed E-state index contributed by atoms with van der Waals surface area (Å²) in [6.07, 6.45) is 5.83. The Balaban J connectivity index is 1.55. The molecule has 20 heavy (non-hydrogen) atoms. The second-order valence-electron chi connectivity index (χ2n) is 6.13. The maximum absolute atomic E-state index is 12.1. The van der Waals surface area contributed by atoms with Crippen LogP contribution < -0.4 is 11.1 Å². The Morgan fingerprint density at radius 3 is 2.45 bits per heavy atom. The van der Waals surface area contributed by atoms with E-state index in [4.69, 9.17) is 5.73 Å². The van der Waals surface area contributed by atoms with E-state index in [-0.39, 0.29) is 5.91 Å². The van der Waals surface area contributed by atoms with E-state index < -0.39 is 5.91 Å². The SMILES string of the molecule is NC(=O)c1ccc(NC(=O)C[C@@H]2C[C@H]3CC[C@H]2C3)cc1. The van der Waals surface area contributed by atoms with E-state index in [0.29, 0.717) is 17.9 Å². The number of rotatable bonds is 4. The van der Waals surface area contributed by atoms with Crippen molar-refractivity contribution in [1.29, 1.82) is 0 Å². The number of carbonyl (C=O) groups is 2. The van der Waals surface area contributed by atoms with Crippen LogP contribution in [0.3, 0.4) is 0 Å². The van der Waals surface area contributed by atoms with Gasteiger partial charge in [-0.3, -0.25) is 9.59 Å². The third-order valence-electron chi connectivity index (χ3n) is 4.79. The van der Waals surface area contributed by atoms with E-state index in [1.165, 1.54) is 25.7 Å². The monoisotopic (exact) mass is 272 g/mol. The highest BCUT2D eigenvalue weighted by Crippen LogP contribution is 2.49. The second-order valence-corrected chi connectivity index (χ2v) is 6.13. The van der Waals surface area contributed by atoms with Crippen LogP contribution in [-0.2, 0) is 4.79 Å². The molecule has 0 aliphatic heterocycles. The molecule has 2 aliphatic carbocycles. The Hall–Kier alpha value is -1.84. The van der Waals surface area contributed by atoms with Crippen molar-refractivity contribution in [2.75, 3.05) is 5.32 Å². The summed E-state index contributed by atoms with van der Waals surface area (Å²) in [7, 11) is 0. The normalized spacial score (nSPS) is 27.5. The molecule has 2 aliphatic rings. The van der Waals surface area contributed by atoms with Crippen molar-refractivity contribution >= 4 is 17.5 Å². The van der Waals surface area contributed by atoms with Crippen LogP contribution in [0.25, 0.3) is 0 Å². The zero-order valence-electron chi connectivity index (χ0n) is 11.5. The minimum atomic E-state index is -0.454. The van der Waals surface area contributed by atoms with Gasteiger partial charge in [0.15, 0.2) is 0 Å². The molecular weight excluding hydrogens is 252 g/mol. The predicted molar refractivity (Wildman–Crippen MR) is 77.1 cm³/mol. The topological polar surface area (TPSA) is 72.2 Å². The molecule has 2 fully saturated rings. The average Bonchev–Trinajstić information content (AvgIpc) is 3.01. The highest BCUT2D eigenvalue weighted by atomic mass is 16.2. The van der Waals surface area contributed by atoms with Gasteiger partial charge in [-0.1, -0.05) is 6.42 Å². The summed E-state index contributed by atoms with van der Waals surface area (Å²) in [5.41, 5.74) is 6.36. The average molecular weight is 272 g/mol. The summed E-state index contributed by atoms with van der Waals surface area (Å²) in [6, 6.07) is 6.71. The number of anilines is 1. The predicted octanol–water partition coefficient (Wildman–Crippen LogP) is 2.55. The van der Waals surface area contributed by atoms with E-state index in [9.17, 15) is 9.59 Å². The van der Waals surface area contributed by atoms with Gasteiger partial charge in [-0.2, -0.15) is 0 Å². The molecule has 2 saturated carbocycles. The molecule has 1 aromatic carbocycles. The first-order valence-corrected chi connectivity index (χ1v) is 7.31. The van der Waals surface area contributed by atoms with Crippen molar-refractivity contribution in [1.82, 2.24) is 0 Å². The fourth-order valence-electron chi connectivity index (χ4n) is 3.79. The molecule has 106 valence electrons. The van der Waals surface area contributed by atoms with Gasteiger partial charge >= 0.3 is 0 Å². The Kier molecular flexibility index (Phi) is 3.47. The van der Waals surface area contributed by atoms with Crippen molar-refractivity contribution in [3.8, 4) is 0 Å². The number of nitrogens with two attached hydrogens (primary N) is 1. The summed E-state index contributed by atoms with van der Waals surface area (Å²) < 4.78 is 0. The third-order valence-corrected chi connectivity index (χ3v) is 4.79. The third kappa shape index (κ3) is 2.69. The Bertz CT molecular complexity index is 524. The van der Waals surface area contributed by atoms with Gasteiger partial charge in [-0.25, -0.2) is 0 Å². The molecule has 1 aromatic rings. The maximum Gasteiger partial charge on any atom is 0.248 e. The van der Waals surface area contributed by atoms with Crippen LogP contribution in [0.15, 0.2) is 24.3 Å². The second kappa shape index (κ2) is 5.27. The highest BCUT2D eigenvalue weighted by Gasteiger charge is 2.40. The first-order chi connectivity index (χ1) is 9.61. The summed E-state index contributed by atoms with van der Waals surface area (Å²) >= 11 is 0. The number of hydrogen-bond donors (Lipinski definition) is 2. The van der Waals surface area contributed by atoms with Crippen LogP contribution >= 0.6 is 0 Å². The molecule has 2 bridgehead atoms. The van der Waals surface area contributed by atoms with Gasteiger partial charge in [0.2, 0.25) is 11.8 Å². The first kappa shape index (κ1) is 13.2. The molecule has 3 N–H and O–H groups in total. The van der Waals surface area contributed by atoms with Gasteiger partial charge in [-0.05, 0) is 61.3 Å².